The highest BCUT2D eigenvalue weighted by atomic mass is 35.5. The number of benzene rings is 2. The minimum Gasteiger partial charge on any atom is -0.492 e. The summed E-state index contributed by atoms with van der Waals surface area (Å²) in [6.07, 6.45) is 0. The van der Waals surface area contributed by atoms with Crippen LogP contribution < -0.4 is 4.74 Å². The fourth-order valence-electron chi connectivity index (χ4n) is 4.26. The van der Waals surface area contributed by atoms with Gasteiger partial charge in [-0.1, -0.05) is 35.9 Å². The largest absolute Gasteiger partial charge is 0.492 e. The highest BCUT2D eigenvalue weighted by molar-refractivity contribution is 7.89. The lowest BCUT2D eigenvalue weighted by atomic mass is 10.2. The Morgan fingerprint density at radius 3 is 2.54 bits per heavy atom. The molecule has 6 nitrogen and oxygen atoms in total. The predicted octanol–water partition coefficient (Wildman–Crippen LogP) is 4.73. The molecule has 188 valence electrons. The van der Waals surface area contributed by atoms with Crippen molar-refractivity contribution < 1.29 is 13.2 Å². The first-order valence-corrected chi connectivity index (χ1v) is 14.4. The average molecular weight is 534 g/mol. The van der Waals surface area contributed by atoms with Gasteiger partial charge in [-0.2, -0.15) is 4.31 Å². The maximum Gasteiger partial charge on any atom is 0.243 e. The zero-order valence-electron chi connectivity index (χ0n) is 20.2. The van der Waals surface area contributed by atoms with Crippen LogP contribution in [0.15, 0.2) is 64.9 Å². The molecule has 0 N–H and O–H groups in total. The van der Waals surface area contributed by atoms with Gasteiger partial charge in [0.15, 0.2) is 0 Å². The van der Waals surface area contributed by atoms with Gasteiger partial charge < -0.3 is 4.74 Å². The molecule has 0 saturated carbocycles. The monoisotopic (exact) mass is 533 g/mol. The Morgan fingerprint density at radius 1 is 1.03 bits per heavy atom. The first kappa shape index (κ1) is 26.1. The van der Waals surface area contributed by atoms with Crippen molar-refractivity contribution in [3.05, 3.63) is 81.0 Å². The molecule has 0 bridgehead atoms. The highest BCUT2D eigenvalue weighted by Crippen LogP contribution is 2.26. The number of thiophene rings is 1. The van der Waals surface area contributed by atoms with E-state index in [0.717, 1.165) is 25.4 Å². The topological polar surface area (TPSA) is 53.1 Å². The van der Waals surface area contributed by atoms with Crippen LogP contribution in [0.5, 0.6) is 5.75 Å². The third-order valence-electron chi connectivity index (χ3n) is 6.20. The normalized spacial score (nSPS) is 15.5. The van der Waals surface area contributed by atoms with Gasteiger partial charge in [0, 0.05) is 55.7 Å². The second-order valence-electron chi connectivity index (χ2n) is 8.86. The Hall–Kier alpha value is -1.94. The molecule has 0 spiro atoms. The summed E-state index contributed by atoms with van der Waals surface area (Å²) in [6, 6.07) is 17.5. The van der Waals surface area contributed by atoms with Crippen molar-refractivity contribution >= 4 is 33.0 Å². The molecule has 3 aromatic rings. The Balaban J connectivity index is 1.23. The predicted molar refractivity (Wildman–Crippen MR) is 143 cm³/mol. The van der Waals surface area contributed by atoms with Crippen LogP contribution in [0.3, 0.4) is 0 Å². The van der Waals surface area contributed by atoms with E-state index in [4.69, 9.17) is 16.3 Å². The number of piperazine rings is 1. The number of hydrogen-bond acceptors (Lipinski definition) is 6. The third kappa shape index (κ3) is 6.84. The van der Waals surface area contributed by atoms with Gasteiger partial charge in [0.2, 0.25) is 10.0 Å². The van der Waals surface area contributed by atoms with Gasteiger partial charge in [-0.15, -0.1) is 11.3 Å². The van der Waals surface area contributed by atoms with Gasteiger partial charge in [-0.3, -0.25) is 9.80 Å². The van der Waals surface area contributed by atoms with Crippen molar-refractivity contribution in [2.45, 2.75) is 24.9 Å². The second-order valence-corrected chi connectivity index (χ2v) is 12.2. The van der Waals surface area contributed by atoms with Crippen molar-refractivity contribution in [3.8, 4) is 5.75 Å². The lowest BCUT2D eigenvalue weighted by Crippen LogP contribution is -2.49. The number of rotatable bonds is 10. The van der Waals surface area contributed by atoms with Crippen LogP contribution in [0.4, 0.5) is 0 Å². The molecule has 0 radical (unpaired) electrons. The fraction of sp³-hybridized carbons (Fsp3) is 0.385. The number of hydrogen-bond donors (Lipinski definition) is 0. The van der Waals surface area contributed by atoms with Crippen LogP contribution in [0, 0.1) is 6.92 Å². The number of sulfonamides is 1. The molecule has 0 aliphatic carbocycles. The summed E-state index contributed by atoms with van der Waals surface area (Å²) in [7, 11) is -1.42. The van der Waals surface area contributed by atoms with E-state index in [9.17, 15) is 8.42 Å². The minimum atomic E-state index is -3.55. The van der Waals surface area contributed by atoms with E-state index in [1.54, 1.807) is 40.8 Å². The lowest BCUT2D eigenvalue weighted by Gasteiger charge is -2.34. The van der Waals surface area contributed by atoms with E-state index in [0.29, 0.717) is 48.3 Å². The summed E-state index contributed by atoms with van der Waals surface area (Å²) in [6.45, 7) is 7.13. The molecule has 4 rings (SSSR count). The molecular weight excluding hydrogens is 502 g/mol. The molecule has 1 fully saturated rings. The van der Waals surface area contributed by atoms with Crippen LogP contribution in [0.25, 0.3) is 0 Å². The molecule has 2 aromatic carbocycles. The molecule has 9 heteroatoms. The van der Waals surface area contributed by atoms with Crippen molar-refractivity contribution in [1.29, 1.82) is 0 Å². The Kier molecular flexibility index (Phi) is 8.86. The van der Waals surface area contributed by atoms with Crippen molar-refractivity contribution in [2.75, 3.05) is 46.4 Å². The molecule has 0 amide bonds. The van der Waals surface area contributed by atoms with E-state index >= 15 is 0 Å². The molecule has 2 heterocycles. The zero-order valence-corrected chi connectivity index (χ0v) is 22.6. The summed E-state index contributed by atoms with van der Waals surface area (Å²) >= 11 is 7.92. The first-order valence-electron chi connectivity index (χ1n) is 11.7. The summed E-state index contributed by atoms with van der Waals surface area (Å²) in [4.78, 5) is 6.19. The van der Waals surface area contributed by atoms with Crippen molar-refractivity contribution in [2.24, 2.45) is 0 Å². The quantitative estimate of drug-likeness (QED) is 0.377. The Morgan fingerprint density at radius 2 is 1.80 bits per heavy atom. The average Bonchev–Trinajstić information content (AvgIpc) is 3.34. The van der Waals surface area contributed by atoms with Crippen LogP contribution >= 0.6 is 22.9 Å². The smallest absolute Gasteiger partial charge is 0.243 e. The van der Waals surface area contributed by atoms with Crippen LogP contribution in [0.2, 0.25) is 5.02 Å². The van der Waals surface area contributed by atoms with Gasteiger partial charge in [0.25, 0.3) is 0 Å². The van der Waals surface area contributed by atoms with Gasteiger partial charge >= 0.3 is 0 Å². The van der Waals surface area contributed by atoms with E-state index < -0.39 is 10.0 Å². The van der Waals surface area contributed by atoms with E-state index in [-0.39, 0.29) is 0 Å². The van der Waals surface area contributed by atoms with Crippen molar-refractivity contribution in [1.82, 2.24) is 14.1 Å². The molecule has 1 saturated heterocycles. The van der Waals surface area contributed by atoms with Gasteiger partial charge in [-0.25, -0.2) is 8.42 Å². The fourth-order valence-corrected chi connectivity index (χ4v) is 6.95. The summed E-state index contributed by atoms with van der Waals surface area (Å²) in [5.41, 5.74) is 1.82. The third-order valence-corrected chi connectivity index (χ3v) is 9.51. The van der Waals surface area contributed by atoms with E-state index in [1.807, 2.05) is 12.1 Å². The van der Waals surface area contributed by atoms with Gasteiger partial charge in [0.05, 0.1) is 4.90 Å². The minimum absolute atomic E-state index is 0.294. The second kappa shape index (κ2) is 11.9. The Bertz CT molecular complexity index is 1210. The number of halogens is 1. The van der Waals surface area contributed by atoms with Gasteiger partial charge in [0.1, 0.15) is 12.4 Å². The molecular formula is C26H32ClN3O3S2. The van der Waals surface area contributed by atoms with Gasteiger partial charge in [-0.05, 0) is 60.8 Å². The Labute approximate surface area is 217 Å². The molecule has 1 aliphatic rings. The number of ether oxygens (including phenoxy) is 1. The van der Waals surface area contributed by atoms with E-state index in [2.05, 4.69) is 46.5 Å². The molecule has 0 unspecified atom stereocenters. The standard InChI is InChI=1S/C26H32ClN3O3S2/c1-21-25(27)9-4-10-26(21)35(31,32)30-13-11-29(12-14-30)15-16-33-23-7-3-6-22(18-23)19-28(2)20-24-8-5-17-34-24/h3-10,17-18H,11-16,19-20H2,1-2H3. The molecule has 1 aliphatic heterocycles. The van der Waals surface area contributed by atoms with Crippen LogP contribution in [-0.2, 0) is 23.1 Å². The highest BCUT2D eigenvalue weighted by Gasteiger charge is 2.29. The molecule has 35 heavy (non-hydrogen) atoms. The molecule has 1 aromatic heterocycles. The van der Waals surface area contributed by atoms with Crippen molar-refractivity contribution in [3.63, 3.8) is 0 Å². The van der Waals surface area contributed by atoms with E-state index in [1.165, 1.54) is 10.4 Å². The summed E-state index contributed by atoms with van der Waals surface area (Å²) in [5.74, 6) is 0.865. The summed E-state index contributed by atoms with van der Waals surface area (Å²) < 4.78 is 33.7. The maximum atomic E-state index is 13.1. The zero-order chi connectivity index (χ0) is 24.8. The van der Waals surface area contributed by atoms with Crippen LogP contribution in [-0.4, -0.2) is 68.9 Å². The summed E-state index contributed by atoms with van der Waals surface area (Å²) in [5, 5.41) is 2.58. The SMILES string of the molecule is Cc1c(Cl)cccc1S(=O)(=O)N1CCN(CCOc2cccc(CN(C)Cc3cccs3)c2)CC1. The molecule has 0 atom stereocenters. The van der Waals surface area contributed by atoms with Crippen LogP contribution in [0.1, 0.15) is 16.0 Å². The lowest BCUT2D eigenvalue weighted by molar-refractivity contribution is 0.159. The number of nitrogens with zero attached hydrogens (tertiary/aromatic N) is 3. The maximum absolute atomic E-state index is 13.1. The first-order chi connectivity index (χ1) is 16.8.